The molecule has 2 aromatic rings. The van der Waals surface area contributed by atoms with E-state index in [0.29, 0.717) is 11.4 Å². The highest BCUT2D eigenvalue weighted by Gasteiger charge is 2.18. The van der Waals surface area contributed by atoms with Crippen molar-refractivity contribution in [1.82, 2.24) is 14.5 Å². The lowest BCUT2D eigenvalue weighted by Crippen LogP contribution is -2.14. The van der Waals surface area contributed by atoms with E-state index >= 15 is 0 Å². The third-order valence-corrected chi connectivity index (χ3v) is 3.46. The van der Waals surface area contributed by atoms with Gasteiger partial charge in [-0.25, -0.2) is 9.37 Å². The van der Waals surface area contributed by atoms with Crippen LogP contribution in [-0.4, -0.2) is 14.5 Å². The summed E-state index contributed by atoms with van der Waals surface area (Å²) in [6, 6.07) is 13.4. The van der Waals surface area contributed by atoms with Crippen molar-refractivity contribution in [3.05, 3.63) is 70.9 Å². The monoisotopic (exact) mass is 279 g/mol. The van der Waals surface area contributed by atoms with Crippen LogP contribution in [0.1, 0.15) is 0 Å². The van der Waals surface area contributed by atoms with E-state index in [-0.39, 0.29) is 17.1 Å². The van der Waals surface area contributed by atoms with E-state index in [2.05, 4.69) is 9.97 Å². The highest BCUT2D eigenvalue weighted by molar-refractivity contribution is 5.78. The second-order valence-corrected chi connectivity index (χ2v) is 4.78. The Bertz CT molecular complexity index is 986. The number of hydrogen-bond acceptors (Lipinski definition) is 2. The van der Waals surface area contributed by atoms with Crippen LogP contribution in [-0.2, 0) is 0 Å². The standard InChI is InChI=1S/C16H10FN3O/c17-11-5-3-4-10(8-11)15-16(21)20-13-7-2-1-6-12(13)18-9-14(20)19-15/h1-9,18H. The molecule has 4 nitrogen and oxygen atoms in total. The number of nitrogens with zero attached hydrogens (tertiary/aromatic N) is 2. The van der Waals surface area contributed by atoms with Gasteiger partial charge in [-0.1, -0.05) is 24.3 Å². The number of hydrogen-bond donors (Lipinski definition) is 1. The van der Waals surface area contributed by atoms with Crippen molar-refractivity contribution in [2.24, 2.45) is 0 Å². The van der Waals surface area contributed by atoms with E-state index in [1.54, 1.807) is 18.3 Å². The summed E-state index contributed by atoms with van der Waals surface area (Å²) in [5.74, 6) is 0.123. The van der Waals surface area contributed by atoms with E-state index in [1.807, 2.05) is 24.3 Å². The van der Waals surface area contributed by atoms with E-state index in [1.165, 1.54) is 16.7 Å². The molecule has 102 valence electrons. The predicted octanol–water partition coefficient (Wildman–Crippen LogP) is 2.96. The Morgan fingerprint density at radius 3 is 2.81 bits per heavy atom. The van der Waals surface area contributed by atoms with E-state index in [9.17, 15) is 9.18 Å². The minimum absolute atomic E-state index is 0.249. The van der Waals surface area contributed by atoms with E-state index in [4.69, 9.17) is 0 Å². The van der Waals surface area contributed by atoms with Gasteiger partial charge in [0.15, 0.2) is 5.82 Å². The van der Waals surface area contributed by atoms with Crippen molar-refractivity contribution in [3.63, 3.8) is 0 Å². The molecule has 0 amide bonds. The molecule has 0 unspecified atom stereocenters. The van der Waals surface area contributed by atoms with Crippen molar-refractivity contribution >= 4 is 11.0 Å². The third kappa shape index (κ3) is 1.74. The molecule has 2 aliphatic rings. The van der Waals surface area contributed by atoms with Crippen LogP contribution in [0.25, 0.3) is 28.1 Å². The molecule has 2 heterocycles. The molecule has 0 atom stereocenters. The van der Waals surface area contributed by atoms with Crippen LogP contribution in [0.4, 0.5) is 4.39 Å². The zero-order valence-corrected chi connectivity index (χ0v) is 10.9. The summed E-state index contributed by atoms with van der Waals surface area (Å²) in [6.45, 7) is 0. The number of imidazole rings is 1. The van der Waals surface area contributed by atoms with Gasteiger partial charge in [0.05, 0.1) is 11.0 Å². The summed E-state index contributed by atoms with van der Waals surface area (Å²) in [5, 5.41) is 0. The number of H-pyrrole nitrogens is 1. The van der Waals surface area contributed by atoms with Gasteiger partial charge in [-0.05, 0) is 24.3 Å². The first-order chi connectivity index (χ1) is 10.2. The molecule has 0 saturated carbocycles. The molecule has 1 N–H and O–H groups in total. The average Bonchev–Trinajstić information content (AvgIpc) is 2.85. The molecule has 0 saturated heterocycles. The lowest BCUT2D eigenvalue weighted by atomic mass is 10.2. The number of nitrogens with one attached hydrogen (secondary N) is 1. The summed E-state index contributed by atoms with van der Waals surface area (Å²) in [5.41, 5.74) is 2.06. The number of para-hydroxylation sites is 2. The fourth-order valence-electron chi connectivity index (χ4n) is 2.51. The van der Waals surface area contributed by atoms with Gasteiger partial charge in [-0.3, -0.25) is 9.36 Å². The first kappa shape index (κ1) is 11.8. The first-order valence-corrected chi connectivity index (χ1v) is 6.49. The lowest BCUT2D eigenvalue weighted by Gasteiger charge is -2.05. The number of halogens is 1. The summed E-state index contributed by atoms with van der Waals surface area (Å²) in [6.07, 6.45) is 1.67. The van der Waals surface area contributed by atoms with Gasteiger partial charge in [0.1, 0.15) is 11.5 Å². The zero-order valence-electron chi connectivity index (χ0n) is 10.9. The molecule has 0 aromatic heterocycles. The third-order valence-electron chi connectivity index (χ3n) is 3.46. The Kier molecular flexibility index (Phi) is 2.41. The van der Waals surface area contributed by atoms with Gasteiger partial charge in [-0.2, -0.15) is 0 Å². The SMILES string of the molecule is O=c1c(-c2cccc(F)c2)nc2c[nH]c3ccccc3n1-2. The van der Waals surface area contributed by atoms with Crippen LogP contribution in [0, 0.1) is 5.82 Å². The topological polar surface area (TPSA) is 50.7 Å². The van der Waals surface area contributed by atoms with Gasteiger partial charge < -0.3 is 4.98 Å². The first-order valence-electron chi connectivity index (χ1n) is 6.49. The molecular weight excluding hydrogens is 269 g/mol. The lowest BCUT2D eigenvalue weighted by molar-refractivity contribution is 0.628. The fourth-order valence-corrected chi connectivity index (χ4v) is 2.51. The molecule has 0 bridgehead atoms. The molecule has 0 radical (unpaired) electrons. The van der Waals surface area contributed by atoms with Crippen LogP contribution in [0.15, 0.2) is 59.5 Å². The van der Waals surface area contributed by atoms with Crippen LogP contribution in [0.5, 0.6) is 0 Å². The minimum Gasteiger partial charge on any atom is -0.357 e. The molecule has 2 aliphatic heterocycles. The van der Waals surface area contributed by atoms with Crippen LogP contribution >= 0.6 is 0 Å². The molecule has 0 fully saturated rings. The fraction of sp³-hybridized carbons (Fsp3) is 0. The quantitative estimate of drug-likeness (QED) is 0.582. The summed E-state index contributed by atoms with van der Waals surface area (Å²) in [4.78, 5) is 20.0. The molecule has 5 heteroatoms. The second kappa shape index (κ2) is 4.28. The van der Waals surface area contributed by atoms with Crippen molar-refractivity contribution in [1.29, 1.82) is 0 Å². The Morgan fingerprint density at radius 2 is 1.95 bits per heavy atom. The highest BCUT2D eigenvalue weighted by Crippen LogP contribution is 2.21. The Balaban J connectivity index is 2.09. The Labute approximate surface area is 118 Å². The van der Waals surface area contributed by atoms with Crippen LogP contribution in [0.3, 0.4) is 0 Å². The molecule has 0 spiro atoms. The van der Waals surface area contributed by atoms with E-state index in [0.717, 1.165) is 11.0 Å². The highest BCUT2D eigenvalue weighted by atomic mass is 19.1. The van der Waals surface area contributed by atoms with Crippen molar-refractivity contribution < 1.29 is 4.39 Å². The van der Waals surface area contributed by atoms with Gasteiger partial charge >= 0.3 is 0 Å². The smallest absolute Gasteiger partial charge is 0.283 e. The van der Waals surface area contributed by atoms with Gasteiger partial charge in [-0.15, -0.1) is 0 Å². The maximum Gasteiger partial charge on any atom is 0.283 e. The van der Waals surface area contributed by atoms with Gasteiger partial charge in [0, 0.05) is 11.8 Å². The second-order valence-electron chi connectivity index (χ2n) is 4.78. The molecule has 21 heavy (non-hydrogen) atoms. The molecule has 2 aromatic carbocycles. The Morgan fingerprint density at radius 1 is 1.10 bits per heavy atom. The molecular formula is C16H10FN3O. The van der Waals surface area contributed by atoms with Gasteiger partial charge in [0.25, 0.3) is 5.56 Å². The van der Waals surface area contributed by atoms with Crippen molar-refractivity contribution in [3.8, 4) is 17.1 Å². The number of aromatic amines is 1. The minimum atomic E-state index is -0.389. The summed E-state index contributed by atoms with van der Waals surface area (Å²) >= 11 is 0. The van der Waals surface area contributed by atoms with Crippen LogP contribution < -0.4 is 5.56 Å². The number of rotatable bonds is 1. The predicted molar refractivity (Wildman–Crippen MR) is 78.3 cm³/mol. The van der Waals surface area contributed by atoms with E-state index < -0.39 is 0 Å². The Hall–Kier alpha value is -2.95. The van der Waals surface area contributed by atoms with Crippen LogP contribution in [0.2, 0.25) is 0 Å². The maximum atomic E-state index is 13.4. The zero-order chi connectivity index (χ0) is 14.4. The normalized spacial score (nSPS) is 11.3. The molecule has 4 rings (SSSR count). The van der Waals surface area contributed by atoms with Crippen molar-refractivity contribution in [2.45, 2.75) is 0 Å². The summed E-state index contributed by atoms with van der Waals surface area (Å²) < 4.78 is 14.9. The maximum absolute atomic E-state index is 13.4. The number of aromatic nitrogens is 3. The number of benzene rings is 2. The van der Waals surface area contributed by atoms with Gasteiger partial charge in [0.2, 0.25) is 0 Å². The summed E-state index contributed by atoms with van der Waals surface area (Å²) in [7, 11) is 0. The van der Waals surface area contributed by atoms with Crippen molar-refractivity contribution in [2.75, 3.05) is 0 Å². The largest absolute Gasteiger partial charge is 0.357 e. The average molecular weight is 279 g/mol. The number of fused-ring (bicyclic) bond motifs is 3. The molecule has 0 aliphatic carbocycles.